The predicted molar refractivity (Wildman–Crippen MR) is 79.7 cm³/mol. The molecule has 0 spiro atoms. The van der Waals surface area contributed by atoms with E-state index in [0.29, 0.717) is 10.9 Å². The van der Waals surface area contributed by atoms with Gasteiger partial charge in [-0.15, -0.1) is 11.3 Å². The number of halogens is 4. The van der Waals surface area contributed by atoms with Crippen LogP contribution in [-0.2, 0) is 11.3 Å². The van der Waals surface area contributed by atoms with Gasteiger partial charge in [-0.05, 0) is 24.3 Å². The van der Waals surface area contributed by atoms with E-state index in [1.165, 1.54) is 11.3 Å². The Morgan fingerprint density at radius 1 is 1.23 bits per heavy atom. The molecule has 0 aliphatic heterocycles. The lowest BCUT2D eigenvalue weighted by molar-refractivity contribution is -0.884. The van der Waals surface area contributed by atoms with E-state index < -0.39 is 23.4 Å². The minimum atomic E-state index is -1.60. The van der Waals surface area contributed by atoms with Crippen LogP contribution < -0.4 is 10.2 Å². The lowest BCUT2D eigenvalue weighted by atomic mass is 10.2. The van der Waals surface area contributed by atoms with Crippen molar-refractivity contribution >= 4 is 34.5 Å². The summed E-state index contributed by atoms with van der Waals surface area (Å²) in [7, 11) is 1.79. The van der Waals surface area contributed by atoms with Crippen molar-refractivity contribution in [1.29, 1.82) is 0 Å². The van der Waals surface area contributed by atoms with Crippen LogP contribution in [0.5, 0.6) is 0 Å². The topological polar surface area (TPSA) is 33.5 Å². The number of rotatable bonds is 5. The largest absolute Gasteiger partial charge is 0.325 e. The summed E-state index contributed by atoms with van der Waals surface area (Å²) in [6.07, 6.45) is 0. The van der Waals surface area contributed by atoms with Gasteiger partial charge in [0, 0.05) is 0 Å². The van der Waals surface area contributed by atoms with E-state index in [1.807, 2.05) is 6.07 Å². The average molecular weight is 350 g/mol. The van der Waals surface area contributed by atoms with E-state index in [9.17, 15) is 18.0 Å². The number of likely N-dealkylation sites (N-methyl/N-ethyl adjacent to an activating group) is 1. The molecule has 1 aromatic heterocycles. The fraction of sp³-hybridized carbons (Fsp3) is 0.214. The molecule has 118 valence electrons. The Balaban J connectivity index is 1.94. The monoisotopic (exact) mass is 349 g/mol. The molecule has 8 heteroatoms. The van der Waals surface area contributed by atoms with Gasteiger partial charge in [0.15, 0.2) is 24.0 Å². The number of carbonyl (C=O) groups is 1. The molecule has 1 heterocycles. The van der Waals surface area contributed by atoms with E-state index >= 15 is 0 Å². The molecule has 0 aliphatic rings. The van der Waals surface area contributed by atoms with Gasteiger partial charge < -0.3 is 10.2 Å². The van der Waals surface area contributed by atoms with Crippen molar-refractivity contribution in [3.63, 3.8) is 0 Å². The number of anilines is 1. The zero-order chi connectivity index (χ0) is 16.3. The van der Waals surface area contributed by atoms with Gasteiger partial charge in [-0.3, -0.25) is 4.79 Å². The number of hydrogen-bond acceptors (Lipinski definition) is 2. The number of quaternary nitrogens is 1. The molecule has 1 amide bonds. The zero-order valence-electron chi connectivity index (χ0n) is 11.6. The maximum Gasteiger partial charge on any atom is 0.279 e. The van der Waals surface area contributed by atoms with Crippen molar-refractivity contribution < 1.29 is 22.9 Å². The SMILES string of the molecule is C[NH+](CC(=O)Nc1ccc(F)c(F)c1F)Cc1ccc(Cl)s1. The van der Waals surface area contributed by atoms with Crippen LogP contribution in [-0.4, -0.2) is 19.5 Å². The highest BCUT2D eigenvalue weighted by atomic mass is 35.5. The Kier molecular flexibility index (Phi) is 5.44. The highest BCUT2D eigenvalue weighted by molar-refractivity contribution is 7.16. The Morgan fingerprint density at radius 3 is 2.59 bits per heavy atom. The summed E-state index contributed by atoms with van der Waals surface area (Å²) in [6.45, 7) is 0.624. The van der Waals surface area contributed by atoms with Gasteiger partial charge in [0.05, 0.1) is 21.9 Å². The summed E-state index contributed by atoms with van der Waals surface area (Å²) < 4.78 is 40.0. The first kappa shape index (κ1) is 16.8. The second-order valence-corrected chi connectivity index (χ2v) is 6.59. The fourth-order valence-corrected chi connectivity index (χ4v) is 3.10. The maximum atomic E-state index is 13.5. The van der Waals surface area contributed by atoms with Crippen LogP contribution in [0, 0.1) is 17.5 Å². The molecule has 1 unspecified atom stereocenters. The molecule has 2 aromatic rings. The lowest BCUT2D eigenvalue weighted by Crippen LogP contribution is -3.08. The second kappa shape index (κ2) is 7.13. The van der Waals surface area contributed by atoms with Gasteiger partial charge in [0.1, 0.15) is 6.54 Å². The second-order valence-electron chi connectivity index (χ2n) is 4.79. The number of amides is 1. The Morgan fingerprint density at radius 2 is 1.95 bits per heavy atom. The van der Waals surface area contributed by atoms with Gasteiger partial charge in [0.25, 0.3) is 5.91 Å². The summed E-state index contributed by atoms with van der Waals surface area (Å²) >= 11 is 7.24. The molecule has 3 nitrogen and oxygen atoms in total. The third-order valence-corrected chi connectivity index (χ3v) is 4.11. The van der Waals surface area contributed by atoms with Gasteiger partial charge in [-0.2, -0.15) is 0 Å². The van der Waals surface area contributed by atoms with E-state index in [2.05, 4.69) is 5.32 Å². The summed E-state index contributed by atoms with van der Waals surface area (Å²) in [5, 5.41) is 2.24. The number of nitrogens with one attached hydrogen (secondary N) is 2. The van der Waals surface area contributed by atoms with E-state index in [1.54, 1.807) is 13.1 Å². The van der Waals surface area contributed by atoms with Crippen LogP contribution in [0.15, 0.2) is 24.3 Å². The molecule has 0 saturated heterocycles. The third kappa shape index (κ3) is 4.22. The molecule has 2 N–H and O–H groups in total. The van der Waals surface area contributed by atoms with Crippen molar-refractivity contribution in [2.24, 2.45) is 0 Å². The molecule has 1 atom stereocenters. The van der Waals surface area contributed by atoms with Crippen molar-refractivity contribution in [2.75, 3.05) is 18.9 Å². The first-order chi connectivity index (χ1) is 10.4. The molecule has 22 heavy (non-hydrogen) atoms. The number of hydrogen-bond donors (Lipinski definition) is 2. The highest BCUT2D eigenvalue weighted by Gasteiger charge is 2.17. The third-order valence-electron chi connectivity index (χ3n) is 2.88. The zero-order valence-corrected chi connectivity index (χ0v) is 13.1. The summed E-state index contributed by atoms with van der Waals surface area (Å²) in [4.78, 5) is 13.7. The van der Waals surface area contributed by atoms with Gasteiger partial charge in [-0.1, -0.05) is 11.6 Å². The van der Waals surface area contributed by atoms with Gasteiger partial charge >= 0.3 is 0 Å². The number of thiophene rings is 1. The minimum absolute atomic E-state index is 0.0496. The maximum absolute atomic E-state index is 13.5. The van der Waals surface area contributed by atoms with Crippen LogP contribution in [0.25, 0.3) is 0 Å². The predicted octanol–water partition coefficient (Wildman–Crippen LogP) is 2.47. The van der Waals surface area contributed by atoms with E-state index in [-0.39, 0.29) is 12.2 Å². The van der Waals surface area contributed by atoms with Crippen molar-refractivity contribution in [1.82, 2.24) is 0 Å². The van der Waals surface area contributed by atoms with Crippen molar-refractivity contribution in [3.8, 4) is 0 Å². The standard InChI is InChI=1S/C14H12ClF3N2OS/c1-20(6-8-2-5-11(15)22-8)7-12(21)19-10-4-3-9(16)13(17)14(10)18/h2-5H,6-7H2,1H3,(H,19,21)/p+1. The molecule has 2 rings (SSSR count). The minimum Gasteiger partial charge on any atom is -0.325 e. The lowest BCUT2D eigenvalue weighted by Gasteiger charge is -2.13. The molecule has 0 fully saturated rings. The van der Waals surface area contributed by atoms with Gasteiger partial charge in [0.2, 0.25) is 0 Å². The Bertz CT molecular complexity index is 693. The van der Waals surface area contributed by atoms with Crippen molar-refractivity contribution in [3.05, 3.63) is 50.9 Å². The Labute approximate surface area is 134 Å². The smallest absolute Gasteiger partial charge is 0.279 e. The van der Waals surface area contributed by atoms with Crippen LogP contribution in [0.4, 0.5) is 18.9 Å². The first-order valence-electron chi connectivity index (χ1n) is 6.35. The van der Waals surface area contributed by atoms with E-state index in [0.717, 1.165) is 21.9 Å². The normalized spacial score (nSPS) is 12.2. The summed E-state index contributed by atoms with van der Waals surface area (Å²) in [5.74, 6) is -4.80. The molecule has 0 saturated carbocycles. The Hall–Kier alpha value is -1.57. The van der Waals surface area contributed by atoms with E-state index in [4.69, 9.17) is 11.6 Å². The molecular weight excluding hydrogens is 337 g/mol. The number of carbonyl (C=O) groups excluding carboxylic acids is 1. The average Bonchev–Trinajstić information content (AvgIpc) is 2.84. The van der Waals surface area contributed by atoms with Gasteiger partial charge in [-0.25, -0.2) is 13.2 Å². The van der Waals surface area contributed by atoms with Crippen molar-refractivity contribution in [2.45, 2.75) is 6.54 Å². The van der Waals surface area contributed by atoms with Crippen LogP contribution in [0.1, 0.15) is 4.88 Å². The van der Waals surface area contributed by atoms with Crippen LogP contribution in [0.3, 0.4) is 0 Å². The molecule has 0 radical (unpaired) electrons. The molecular formula is C14H13ClF3N2OS+. The van der Waals surface area contributed by atoms with Crippen LogP contribution >= 0.6 is 22.9 Å². The molecule has 0 aliphatic carbocycles. The quantitative estimate of drug-likeness (QED) is 0.799. The first-order valence-corrected chi connectivity index (χ1v) is 7.55. The highest BCUT2D eigenvalue weighted by Crippen LogP contribution is 2.20. The molecule has 1 aromatic carbocycles. The fourth-order valence-electron chi connectivity index (χ4n) is 1.90. The summed E-state index contributed by atoms with van der Waals surface area (Å²) in [5.41, 5.74) is -0.379. The number of benzene rings is 1. The summed E-state index contributed by atoms with van der Waals surface area (Å²) in [6, 6.07) is 5.38. The van der Waals surface area contributed by atoms with Crippen LogP contribution in [0.2, 0.25) is 4.34 Å². The molecule has 0 bridgehead atoms.